The van der Waals surface area contributed by atoms with E-state index >= 15 is 0 Å². The molecular weight excluding hydrogens is 478 g/mol. The van der Waals surface area contributed by atoms with Gasteiger partial charge in [-0.3, -0.25) is 4.57 Å². The standard InChI is InChI=1S/C31H33N3O4/c1-5-37-30(35)27-28(21-11-7-6-8-12-21)33-31-32-23-13-9-10-14-24(23)34(31)29(27)22-15-16-25(26(19-22)36-4)38-18-17-20(2)3/h6-16,19-20,29H,5,17-18H2,1-4H3,(H,32,33). The number of aromatic nitrogens is 2. The van der Waals surface area contributed by atoms with E-state index in [0.717, 1.165) is 28.6 Å². The quantitative estimate of drug-likeness (QED) is 0.260. The summed E-state index contributed by atoms with van der Waals surface area (Å²) >= 11 is 0. The van der Waals surface area contributed by atoms with Crippen LogP contribution < -0.4 is 14.8 Å². The van der Waals surface area contributed by atoms with Crippen LogP contribution in [-0.4, -0.2) is 35.8 Å². The molecule has 1 atom stereocenters. The molecule has 1 N–H and O–H groups in total. The number of benzene rings is 3. The molecule has 7 heteroatoms. The van der Waals surface area contributed by atoms with Crippen molar-refractivity contribution in [3.05, 3.63) is 89.5 Å². The fourth-order valence-corrected chi connectivity index (χ4v) is 4.79. The maximum absolute atomic E-state index is 13.7. The van der Waals surface area contributed by atoms with E-state index < -0.39 is 6.04 Å². The minimum Gasteiger partial charge on any atom is -0.493 e. The average molecular weight is 512 g/mol. The molecule has 1 aliphatic heterocycles. The highest BCUT2D eigenvalue weighted by molar-refractivity contribution is 6.03. The van der Waals surface area contributed by atoms with E-state index in [2.05, 4.69) is 23.7 Å². The second-order valence-corrected chi connectivity index (χ2v) is 9.64. The molecule has 1 aliphatic rings. The molecule has 0 amide bonds. The molecule has 0 spiro atoms. The summed E-state index contributed by atoms with van der Waals surface area (Å²) in [5.74, 6) is 2.09. The molecule has 1 unspecified atom stereocenters. The van der Waals surface area contributed by atoms with E-state index in [1.807, 2.05) is 79.7 Å². The number of anilines is 1. The molecule has 0 bridgehead atoms. The number of methoxy groups -OCH3 is 1. The first-order valence-corrected chi connectivity index (χ1v) is 13.0. The summed E-state index contributed by atoms with van der Waals surface area (Å²) in [6.07, 6.45) is 0.944. The Balaban J connectivity index is 1.71. The number of hydrogen-bond acceptors (Lipinski definition) is 6. The molecule has 196 valence electrons. The predicted molar refractivity (Wildman–Crippen MR) is 149 cm³/mol. The van der Waals surface area contributed by atoms with E-state index in [1.54, 1.807) is 7.11 Å². The summed E-state index contributed by atoms with van der Waals surface area (Å²) in [6, 6.07) is 23.1. The number of para-hydroxylation sites is 2. The van der Waals surface area contributed by atoms with E-state index in [4.69, 9.17) is 19.2 Å². The second-order valence-electron chi connectivity index (χ2n) is 9.64. The number of imidazole rings is 1. The molecule has 5 rings (SSSR count). The minimum absolute atomic E-state index is 0.264. The van der Waals surface area contributed by atoms with Crippen LogP contribution in [0.5, 0.6) is 11.5 Å². The van der Waals surface area contributed by atoms with Gasteiger partial charge in [0.25, 0.3) is 0 Å². The summed E-state index contributed by atoms with van der Waals surface area (Å²) in [5, 5.41) is 3.44. The number of hydrogen-bond donors (Lipinski definition) is 1. The SMILES string of the molecule is CCOC(=O)C1=C(c2ccccc2)Nc2nc3ccccc3n2C1c1ccc(OCCC(C)C)c(OC)c1. The summed E-state index contributed by atoms with van der Waals surface area (Å²) < 4.78 is 19.5. The predicted octanol–water partition coefficient (Wildman–Crippen LogP) is 6.46. The van der Waals surface area contributed by atoms with Crippen molar-refractivity contribution >= 4 is 28.6 Å². The normalized spacial score (nSPS) is 14.8. The van der Waals surface area contributed by atoms with Crippen LogP contribution in [0.4, 0.5) is 5.95 Å². The Bertz CT molecular complexity index is 1470. The number of nitrogens with one attached hydrogen (secondary N) is 1. The monoisotopic (exact) mass is 511 g/mol. The van der Waals surface area contributed by atoms with Crippen molar-refractivity contribution in [1.29, 1.82) is 0 Å². The van der Waals surface area contributed by atoms with E-state index in [9.17, 15) is 4.79 Å². The Morgan fingerprint density at radius 1 is 1.03 bits per heavy atom. The lowest BCUT2D eigenvalue weighted by Crippen LogP contribution is -2.29. The van der Waals surface area contributed by atoms with Gasteiger partial charge in [-0.2, -0.15) is 0 Å². The van der Waals surface area contributed by atoms with Crippen LogP contribution >= 0.6 is 0 Å². The third-order valence-corrected chi connectivity index (χ3v) is 6.65. The Kier molecular flexibility index (Phi) is 7.36. The van der Waals surface area contributed by atoms with Crippen LogP contribution in [0.25, 0.3) is 16.7 Å². The van der Waals surface area contributed by atoms with Gasteiger partial charge in [-0.05, 0) is 54.7 Å². The molecular formula is C31H33N3O4. The average Bonchev–Trinajstić information content (AvgIpc) is 3.31. The highest BCUT2D eigenvalue weighted by atomic mass is 16.5. The maximum Gasteiger partial charge on any atom is 0.338 e. The zero-order chi connectivity index (χ0) is 26.6. The Labute approximate surface area is 223 Å². The number of fused-ring (bicyclic) bond motifs is 3. The first-order chi connectivity index (χ1) is 18.5. The molecule has 0 saturated carbocycles. The molecule has 0 saturated heterocycles. The molecule has 0 fully saturated rings. The van der Waals surface area contributed by atoms with E-state index in [-0.39, 0.29) is 12.6 Å². The lowest BCUT2D eigenvalue weighted by molar-refractivity contribution is -0.138. The first kappa shape index (κ1) is 25.4. The maximum atomic E-state index is 13.7. The van der Waals surface area contributed by atoms with Gasteiger partial charge in [0.15, 0.2) is 11.5 Å². The van der Waals surface area contributed by atoms with Crippen LogP contribution in [0.2, 0.25) is 0 Å². The highest BCUT2D eigenvalue weighted by Gasteiger charge is 2.37. The number of carbonyl (C=O) groups is 1. The van der Waals surface area contributed by atoms with Crippen LogP contribution in [0.15, 0.2) is 78.4 Å². The summed E-state index contributed by atoms with van der Waals surface area (Å²) in [7, 11) is 1.63. The lowest BCUT2D eigenvalue weighted by atomic mass is 9.92. The molecule has 0 aliphatic carbocycles. The van der Waals surface area contributed by atoms with Crippen LogP contribution in [0.3, 0.4) is 0 Å². The van der Waals surface area contributed by atoms with Crippen LogP contribution in [0.1, 0.15) is 44.4 Å². The molecule has 4 aromatic rings. The van der Waals surface area contributed by atoms with E-state index in [1.165, 1.54) is 0 Å². The van der Waals surface area contributed by atoms with Gasteiger partial charge in [0.1, 0.15) is 0 Å². The fourth-order valence-electron chi connectivity index (χ4n) is 4.79. The molecule has 1 aromatic heterocycles. The third-order valence-electron chi connectivity index (χ3n) is 6.65. The first-order valence-electron chi connectivity index (χ1n) is 13.0. The molecule has 3 aromatic carbocycles. The van der Waals surface area contributed by atoms with Gasteiger partial charge in [-0.15, -0.1) is 0 Å². The summed E-state index contributed by atoms with van der Waals surface area (Å²) in [4.78, 5) is 18.5. The minimum atomic E-state index is -0.508. The molecule has 0 radical (unpaired) electrons. The van der Waals surface area contributed by atoms with Gasteiger partial charge < -0.3 is 19.5 Å². The van der Waals surface area contributed by atoms with Crippen molar-refractivity contribution < 1.29 is 19.0 Å². The number of carbonyl (C=O) groups excluding carboxylic acids is 1. The molecule has 2 heterocycles. The van der Waals surface area contributed by atoms with E-state index in [0.29, 0.717) is 41.2 Å². The van der Waals surface area contributed by atoms with Gasteiger partial charge in [0, 0.05) is 0 Å². The molecule has 7 nitrogen and oxygen atoms in total. The summed E-state index contributed by atoms with van der Waals surface area (Å²) in [6.45, 7) is 7.02. The lowest BCUT2D eigenvalue weighted by Gasteiger charge is -2.31. The zero-order valence-corrected chi connectivity index (χ0v) is 22.2. The topological polar surface area (TPSA) is 74.6 Å². The van der Waals surface area contributed by atoms with Gasteiger partial charge in [0.2, 0.25) is 5.95 Å². The number of esters is 1. The highest BCUT2D eigenvalue weighted by Crippen LogP contribution is 2.44. The zero-order valence-electron chi connectivity index (χ0n) is 22.2. The molecule has 38 heavy (non-hydrogen) atoms. The van der Waals surface area contributed by atoms with Crippen molar-refractivity contribution in [2.45, 2.75) is 33.2 Å². The van der Waals surface area contributed by atoms with Crippen molar-refractivity contribution in [2.75, 3.05) is 25.6 Å². The van der Waals surface area contributed by atoms with Crippen LogP contribution in [0, 0.1) is 5.92 Å². The second kappa shape index (κ2) is 11.0. The van der Waals surface area contributed by atoms with Gasteiger partial charge in [0.05, 0.1) is 48.7 Å². The number of nitrogens with zero attached hydrogens (tertiary/aromatic N) is 2. The van der Waals surface area contributed by atoms with Crippen molar-refractivity contribution in [3.8, 4) is 11.5 Å². The number of ether oxygens (including phenoxy) is 3. The summed E-state index contributed by atoms with van der Waals surface area (Å²) in [5.41, 5.74) is 4.65. The Hall–Kier alpha value is -4.26. The third kappa shape index (κ3) is 4.84. The Morgan fingerprint density at radius 2 is 1.79 bits per heavy atom. The Morgan fingerprint density at radius 3 is 2.53 bits per heavy atom. The van der Waals surface area contributed by atoms with Crippen LogP contribution in [-0.2, 0) is 9.53 Å². The smallest absolute Gasteiger partial charge is 0.338 e. The number of rotatable bonds is 9. The van der Waals surface area contributed by atoms with Crippen molar-refractivity contribution in [2.24, 2.45) is 5.92 Å². The largest absolute Gasteiger partial charge is 0.493 e. The van der Waals surface area contributed by atoms with Gasteiger partial charge in [-0.1, -0.05) is 62.4 Å². The fraction of sp³-hybridized carbons (Fsp3) is 0.290. The van der Waals surface area contributed by atoms with Crippen molar-refractivity contribution in [1.82, 2.24) is 9.55 Å². The van der Waals surface area contributed by atoms with Gasteiger partial charge in [-0.25, -0.2) is 9.78 Å². The van der Waals surface area contributed by atoms with Crippen molar-refractivity contribution in [3.63, 3.8) is 0 Å². The van der Waals surface area contributed by atoms with Gasteiger partial charge >= 0.3 is 5.97 Å².